The van der Waals surface area contributed by atoms with Crippen molar-refractivity contribution in [2.45, 2.75) is 26.7 Å². The highest BCUT2D eigenvalue weighted by molar-refractivity contribution is 6.34. The molecule has 0 radical (unpaired) electrons. The molecule has 5 heteroatoms. The smallest absolute Gasteiger partial charge is 0.257 e. The van der Waals surface area contributed by atoms with E-state index in [9.17, 15) is 4.79 Å². The normalized spacial score (nSPS) is 14.8. The molecule has 1 aliphatic heterocycles. The van der Waals surface area contributed by atoms with Gasteiger partial charge >= 0.3 is 0 Å². The first kappa shape index (κ1) is 18.3. The van der Waals surface area contributed by atoms with Crippen molar-refractivity contribution in [2.75, 3.05) is 33.1 Å². The minimum Gasteiger partial charge on any atom is -0.497 e. The topological polar surface area (TPSA) is 46.5 Å². The maximum atomic E-state index is 12.4. The maximum Gasteiger partial charge on any atom is 0.257 e. The molecule has 0 atom stereocenters. The molecule has 5 nitrogen and oxygen atoms in total. The molecule has 2 heterocycles. The predicted molar refractivity (Wildman–Crippen MR) is 107 cm³/mol. The quantitative estimate of drug-likeness (QED) is 0.808. The van der Waals surface area contributed by atoms with E-state index in [1.54, 1.807) is 7.11 Å². The van der Waals surface area contributed by atoms with Crippen LogP contribution in [-0.4, -0.2) is 43.1 Å². The fourth-order valence-electron chi connectivity index (χ4n) is 3.48. The zero-order valence-electron chi connectivity index (χ0n) is 16.2. The van der Waals surface area contributed by atoms with Gasteiger partial charge < -0.3 is 19.5 Å². The van der Waals surface area contributed by atoms with E-state index in [-0.39, 0.29) is 5.91 Å². The molecule has 1 aromatic heterocycles. The van der Waals surface area contributed by atoms with Crippen molar-refractivity contribution < 1.29 is 9.53 Å². The van der Waals surface area contributed by atoms with Crippen LogP contribution in [0, 0.1) is 13.8 Å². The summed E-state index contributed by atoms with van der Waals surface area (Å²) < 4.78 is 7.32. The SMILES string of the molecule is COc1ccc2c(c1)NC(=O)C2=Cn1cc(C)c(CCCN(C)C)c1C. The lowest BCUT2D eigenvalue weighted by atomic mass is 10.1. The van der Waals surface area contributed by atoms with Crippen molar-refractivity contribution in [1.29, 1.82) is 0 Å². The average Bonchev–Trinajstić information content (AvgIpc) is 3.05. The number of aromatic nitrogens is 1. The number of hydrogen-bond donors (Lipinski definition) is 1. The lowest BCUT2D eigenvalue weighted by molar-refractivity contribution is -0.110. The van der Waals surface area contributed by atoms with Gasteiger partial charge in [-0.3, -0.25) is 4.79 Å². The molecular weight excluding hydrogens is 326 g/mol. The number of rotatable bonds is 6. The molecule has 0 aliphatic carbocycles. The predicted octanol–water partition coefficient (Wildman–Crippen LogP) is 3.56. The highest BCUT2D eigenvalue weighted by atomic mass is 16.5. The molecule has 1 aliphatic rings. The van der Waals surface area contributed by atoms with Gasteiger partial charge in [0.2, 0.25) is 0 Å². The van der Waals surface area contributed by atoms with Gasteiger partial charge in [-0.1, -0.05) is 0 Å². The second kappa shape index (κ2) is 7.38. The Balaban J connectivity index is 1.90. The number of amides is 1. The third kappa shape index (κ3) is 3.53. The third-order valence-electron chi connectivity index (χ3n) is 4.94. The first-order valence-electron chi connectivity index (χ1n) is 8.94. The van der Waals surface area contributed by atoms with Crippen molar-refractivity contribution in [3.63, 3.8) is 0 Å². The van der Waals surface area contributed by atoms with Crippen LogP contribution in [-0.2, 0) is 11.2 Å². The van der Waals surface area contributed by atoms with Crippen LogP contribution in [0.4, 0.5) is 5.69 Å². The number of methoxy groups -OCH3 is 1. The molecule has 1 N–H and O–H groups in total. The van der Waals surface area contributed by atoms with Crippen molar-refractivity contribution in [2.24, 2.45) is 0 Å². The number of anilines is 1. The third-order valence-corrected chi connectivity index (χ3v) is 4.94. The van der Waals surface area contributed by atoms with Gasteiger partial charge in [0.05, 0.1) is 18.4 Å². The summed E-state index contributed by atoms with van der Waals surface area (Å²) in [7, 11) is 5.82. The molecule has 138 valence electrons. The Morgan fingerprint density at radius 2 is 2.04 bits per heavy atom. The minimum absolute atomic E-state index is 0.0758. The monoisotopic (exact) mass is 353 g/mol. The lowest BCUT2D eigenvalue weighted by Crippen LogP contribution is -2.13. The molecule has 1 amide bonds. The summed E-state index contributed by atoms with van der Waals surface area (Å²) in [5.41, 5.74) is 6.23. The Morgan fingerprint density at radius 3 is 2.73 bits per heavy atom. The van der Waals surface area contributed by atoms with E-state index in [1.165, 1.54) is 16.8 Å². The molecule has 26 heavy (non-hydrogen) atoms. The largest absolute Gasteiger partial charge is 0.497 e. The van der Waals surface area contributed by atoms with Gasteiger partial charge in [-0.2, -0.15) is 0 Å². The first-order valence-corrected chi connectivity index (χ1v) is 8.94. The molecule has 0 fully saturated rings. The van der Waals surface area contributed by atoms with E-state index in [0.717, 1.165) is 36.4 Å². The van der Waals surface area contributed by atoms with Crippen LogP contribution in [0.15, 0.2) is 24.4 Å². The number of carbonyl (C=O) groups is 1. The van der Waals surface area contributed by atoms with E-state index in [2.05, 4.69) is 48.9 Å². The zero-order valence-corrected chi connectivity index (χ0v) is 16.2. The number of carbonyl (C=O) groups excluding carboxylic acids is 1. The van der Waals surface area contributed by atoms with Crippen molar-refractivity contribution >= 4 is 23.4 Å². The van der Waals surface area contributed by atoms with Gasteiger partial charge in [0.25, 0.3) is 5.91 Å². The standard InChI is InChI=1S/C21H27N3O2/c1-14-12-24(15(2)17(14)7-6-10-23(3)4)13-19-18-9-8-16(26-5)11-20(18)22-21(19)25/h8-9,11-13H,6-7,10H2,1-5H3,(H,22,25). The Morgan fingerprint density at radius 1 is 1.27 bits per heavy atom. The summed E-state index contributed by atoms with van der Waals surface area (Å²) >= 11 is 0. The van der Waals surface area contributed by atoms with Gasteiger partial charge in [-0.05, 0) is 70.6 Å². The molecule has 2 aromatic rings. The van der Waals surface area contributed by atoms with Gasteiger partial charge in [0, 0.05) is 29.7 Å². The van der Waals surface area contributed by atoms with Crippen molar-refractivity contribution in [1.82, 2.24) is 9.47 Å². The Hall–Kier alpha value is -2.53. The average molecular weight is 353 g/mol. The van der Waals surface area contributed by atoms with Crippen LogP contribution >= 0.6 is 0 Å². The zero-order chi connectivity index (χ0) is 18.8. The van der Waals surface area contributed by atoms with Crippen LogP contribution in [0.2, 0.25) is 0 Å². The summed E-state index contributed by atoms with van der Waals surface area (Å²) in [6, 6.07) is 5.67. The van der Waals surface area contributed by atoms with Crippen molar-refractivity contribution in [3.8, 4) is 5.75 Å². The molecule has 3 rings (SSSR count). The summed E-state index contributed by atoms with van der Waals surface area (Å²) in [6.07, 6.45) is 6.22. The number of fused-ring (bicyclic) bond motifs is 1. The van der Waals surface area contributed by atoms with E-state index in [0.29, 0.717) is 5.57 Å². The number of hydrogen-bond acceptors (Lipinski definition) is 3. The summed E-state index contributed by atoms with van der Waals surface area (Å²) in [5.74, 6) is 0.662. The van der Waals surface area contributed by atoms with Crippen LogP contribution in [0.25, 0.3) is 11.8 Å². The Bertz CT molecular complexity index is 862. The first-order chi connectivity index (χ1) is 12.4. The lowest BCUT2D eigenvalue weighted by Gasteiger charge is -2.10. The summed E-state index contributed by atoms with van der Waals surface area (Å²) in [4.78, 5) is 14.7. The van der Waals surface area contributed by atoms with E-state index >= 15 is 0 Å². The van der Waals surface area contributed by atoms with Gasteiger partial charge in [-0.25, -0.2) is 0 Å². The van der Waals surface area contributed by atoms with Crippen LogP contribution in [0.1, 0.15) is 28.8 Å². The molecule has 0 unspecified atom stereocenters. The maximum absolute atomic E-state index is 12.4. The second-order valence-corrected chi connectivity index (χ2v) is 7.10. The molecule has 0 saturated carbocycles. The van der Waals surface area contributed by atoms with Crippen LogP contribution < -0.4 is 10.1 Å². The molecule has 0 bridgehead atoms. The van der Waals surface area contributed by atoms with Crippen LogP contribution in [0.3, 0.4) is 0 Å². The van der Waals surface area contributed by atoms with E-state index < -0.39 is 0 Å². The van der Waals surface area contributed by atoms with Crippen LogP contribution in [0.5, 0.6) is 5.75 Å². The summed E-state index contributed by atoms with van der Waals surface area (Å²) in [5, 5.41) is 2.92. The van der Waals surface area contributed by atoms with Gasteiger partial charge in [0.15, 0.2) is 0 Å². The number of ether oxygens (including phenoxy) is 1. The fourth-order valence-corrected chi connectivity index (χ4v) is 3.48. The minimum atomic E-state index is -0.0758. The second-order valence-electron chi connectivity index (χ2n) is 7.10. The molecule has 0 spiro atoms. The molecule has 0 saturated heterocycles. The highest BCUT2D eigenvalue weighted by Gasteiger charge is 2.25. The molecular formula is C21H27N3O2. The van der Waals surface area contributed by atoms with Gasteiger partial charge in [-0.15, -0.1) is 0 Å². The Kier molecular flexibility index (Phi) is 5.18. The number of nitrogens with one attached hydrogen (secondary N) is 1. The van der Waals surface area contributed by atoms with Gasteiger partial charge in [0.1, 0.15) is 5.75 Å². The van der Waals surface area contributed by atoms with E-state index in [1.807, 2.05) is 24.4 Å². The number of nitrogens with zero attached hydrogens (tertiary/aromatic N) is 2. The Labute approximate surface area is 155 Å². The number of aryl methyl sites for hydroxylation is 1. The van der Waals surface area contributed by atoms with Crippen molar-refractivity contribution in [3.05, 3.63) is 46.8 Å². The highest BCUT2D eigenvalue weighted by Crippen LogP contribution is 2.35. The fraction of sp³-hybridized carbons (Fsp3) is 0.381. The number of benzene rings is 1. The summed E-state index contributed by atoms with van der Waals surface area (Å²) in [6.45, 7) is 5.33. The molecule has 1 aromatic carbocycles. The van der Waals surface area contributed by atoms with E-state index in [4.69, 9.17) is 4.74 Å².